The summed E-state index contributed by atoms with van der Waals surface area (Å²) in [5.41, 5.74) is -0.275. The van der Waals surface area contributed by atoms with Crippen LogP contribution in [0.2, 0.25) is 0 Å². The molecule has 1 saturated carbocycles. The molecule has 1 heterocycles. The molecular formula is C23H22F3N3O2. The summed E-state index contributed by atoms with van der Waals surface area (Å²) in [4.78, 5) is 27.6. The van der Waals surface area contributed by atoms with Crippen molar-refractivity contribution in [3.05, 3.63) is 70.0 Å². The molecule has 1 aliphatic carbocycles. The zero-order chi connectivity index (χ0) is 22.0. The van der Waals surface area contributed by atoms with Crippen molar-refractivity contribution >= 4 is 28.2 Å². The number of alkyl halides is 3. The zero-order valence-electron chi connectivity index (χ0n) is 16.7. The normalized spacial score (nSPS) is 15.1. The topological polar surface area (TPSA) is 74.0 Å². The van der Waals surface area contributed by atoms with Crippen molar-refractivity contribution in [3.8, 4) is 0 Å². The lowest BCUT2D eigenvalue weighted by Crippen LogP contribution is -2.24. The highest BCUT2D eigenvalue weighted by Crippen LogP contribution is 2.35. The van der Waals surface area contributed by atoms with Gasteiger partial charge in [0.15, 0.2) is 0 Å². The number of hydrogen-bond donors (Lipinski definition) is 3. The molecule has 0 bridgehead atoms. The number of carbonyl (C=O) groups is 1. The first-order valence-corrected chi connectivity index (χ1v) is 10.2. The molecule has 1 aliphatic rings. The first-order valence-electron chi connectivity index (χ1n) is 10.2. The summed E-state index contributed by atoms with van der Waals surface area (Å²) in [6.45, 7) is 0. The Morgan fingerprint density at radius 3 is 2.45 bits per heavy atom. The molecule has 0 unspecified atom stereocenters. The number of H-pyrrole nitrogens is 1. The van der Waals surface area contributed by atoms with E-state index in [1.165, 1.54) is 6.07 Å². The van der Waals surface area contributed by atoms with Crippen molar-refractivity contribution in [1.82, 2.24) is 4.98 Å². The van der Waals surface area contributed by atoms with Crippen LogP contribution in [-0.2, 0) is 6.18 Å². The number of halogens is 3. The Labute approximate surface area is 176 Å². The van der Waals surface area contributed by atoms with Gasteiger partial charge in [0.2, 0.25) is 5.56 Å². The smallest absolute Gasteiger partial charge is 0.381 e. The van der Waals surface area contributed by atoms with Crippen LogP contribution in [0.4, 0.5) is 24.5 Å². The predicted molar refractivity (Wildman–Crippen MR) is 114 cm³/mol. The third-order valence-corrected chi connectivity index (χ3v) is 5.56. The summed E-state index contributed by atoms with van der Waals surface area (Å²) in [5.74, 6) is -0.645. The van der Waals surface area contributed by atoms with E-state index < -0.39 is 23.2 Å². The van der Waals surface area contributed by atoms with Crippen LogP contribution in [0.1, 0.15) is 48.0 Å². The highest BCUT2D eigenvalue weighted by Gasteiger charge is 2.31. The zero-order valence-corrected chi connectivity index (χ0v) is 16.7. The second kappa shape index (κ2) is 8.45. The Morgan fingerprint density at radius 1 is 0.968 bits per heavy atom. The number of para-hydroxylation sites is 1. The van der Waals surface area contributed by atoms with Gasteiger partial charge in [0.1, 0.15) is 0 Å². The van der Waals surface area contributed by atoms with Crippen molar-refractivity contribution < 1.29 is 18.0 Å². The molecule has 3 N–H and O–H groups in total. The molecule has 5 nitrogen and oxygen atoms in total. The standard InChI is InChI=1S/C23H22F3N3O2/c24-23(25,26)14-10-11-19(27-15-6-2-1-3-7-15)20(12-14)29-22(31)17-13-21(30)28-18-9-5-4-8-16(17)18/h4-5,8-13,15,27H,1-3,6-7H2,(H,28,30)(H,29,31). The number of pyridine rings is 1. The number of aromatic nitrogens is 1. The van der Waals surface area contributed by atoms with Crippen LogP contribution in [0.3, 0.4) is 0 Å². The van der Waals surface area contributed by atoms with E-state index in [2.05, 4.69) is 15.6 Å². The second-order valence-corrected chi connectivity index (χ2v) is 7.78. The van der Waals surface area contributed by atoms with Crippen LogP contribution in [0.25, 0.3) is 10.9 Å². The first-order chi connectivity index (χ1) is 14.8. The van der Waals surface area contributed by atoms with Crippen LogP contribution >= 0.6 is 0 Å². The number of aromatic amines is 1. The number of nitrogens with one attached hydrogen (secondary N) is 3. The maximum absolute atomic E-state index is 13.3. The van der Waals surface area contributed by atoms with Gasteiger partial charge in [0.25, 0.3) is 5.91 Å². The summed E-state index contributed by atoms with van der Waals surface area (Å²) in [7, 11) is 0. The Hall–Kier alpha value is -3.29. The Balaban J connectivity index is 1.70. The molecule has 1 aromatic heterocycles. The highest BCUT2D eigenvalue weighted by molar-refractivity contribution is 6.13. The lowest BCUT2D eigenvalue weighted by molar-refractivity contribution is -0.137. The minimum atomic E-state index is -4.54. The van der Waals surface area contributed by atoms with E-state index in [-0.39, 0.29) is 17.3 Å². The van der Waals surface area contributed by atoms with Gasteiger partial charge in [0.05, 0.1) is 22.5 Å². The molecule has 0 saturated heterocycles. The second-order valence-electron chi connectivity index (χ2n) is 7.78. The largest absolute Gasteiger partial charge is 0.416 e. The van der Waals surface area contributed by atoms with Gasteiger partial charge in [-0.05, 0) is 37.1 Å². The van der Waals surface area contributed by atoms with E-state index in [4.69, 9.17) is 0 Å². The monoisotopic (exact) mass is 429 g/mol. The molecule has 3 aromatic rings. The molecule has 0 aliphatic heterocycles. The van der Waals surface area contributed by atoms with Gasteiger partial charge in [0, 0.05) is 23.0 Å². The number of benzene rings is 2. The fraction of sp³-hybridized carbons (Fsp3) is 0.304. The van der Waals surface area contributed by atoms with E-state index >= 15 is 0 Å². The van der Waals surface area contributed by atoms with E-state index in [0.717, 1.165) is 50.3 Å². The van der Waals surface area contributed by atoms with Crippen molar-refractivity contribution in [1.29, 1.82) is 0 Å². The molecule has 1 fully saturated rings. The van der Waals surface area contributed by atoms with Gasteiger partial charge in [-0.15, -0.1) is 0 Å². The van der Waals surface area contributed by atoms with Crippen LogP contribution in [-0.4, -0.2) is 16.9 Å². The maximum Gasteiger partial charge on any atom is 0.416 e. The van der Waals surface area contributed by atoms with Crippen molar-refractivity contribution in [3.63, 3.8) is 0 Å². The van der Waals surface area contributed by atoms with Gasteiger partial charge < -0.3 is 15.6 Å². The molecule has 2 aromatic carbocycles. The average molecular weight is 429 g/mol. The summed E-state index contributed by atoms with van der Waals surface area (Å²) in [6.07, 6.45) is 0.557. The number of rotatable bonds is 4. The quantitative estimate of drug-likeness (QED) is 0.510. The van der Waals surface area contributed by atoms with Gasteiger partial charge in [-0.1, -0.05) is 37.5 Å². The fourth-order valence-electron chi connectivity index (χ4n) is 4.00. The highest BCUT2D eigenvalue weighted by atomic mass is 19.4. The van der Waals surface area contributed by atoms with Gasteiger partial charge in [-0.3, -0.25) is 9.59 Å². The molecular weight excluding hydrogens is 407 g/mol. The number of carbonyl (C=O) groups excluding carboxylic acids is 1. The number of hydrogen-bond acceptors (Lipinski definition) is 3. The predicted octanol–water partition coefficient (Wildman–Crippen LogP) is 5.54. The average Bonchev–Trinajstić information content (AvgIpc) is 2.74. The van der Waals surface area contributed by atoms with Crippen LogP contribution < -0.4 is 16.2 Å². The summed E-state index contributed by atoms with van der Waals surface area (Å²) >= 11 is 0. The molecule has 0 spiro atoms. The number of amides is 1. The van der Waals surface area contributed by atoms with Gasteiger partial charge >= 0.3 is 6.18 Å². The lowest BCUT2D eigenvalue weighted by atomic mass is 9.95. The van der Waals surface area contributed by atoms with Gasteiger partial charge in [-0.2, -0.15) is 13.2 Å². The van der Waals surface area contributed by atoms with E-state index in [9.17, 15) is 22.8 Å². The molecule has 31 heavy (non-hydrogen) atoms. The van der Waals surface area contributed by atoms with Crippen LogP contribution in [0.15, 0.2) is 53.3 Å². The Kier molecular flexibility index (Phi) is 5.71. The van der Waals surface area contributed by atoms with Crippen molar-refractivity contribution in [2.75, 3.05) is 10.6 Å². The maximum atomic E-state index is 13.3. The van der Waals surface area contributed by atoms with Crippen LogP contribution in [0, 0.1) is 0 Å². The van der Waals surface area contributed by atoms with Gasteiger partial charge in [-0.25, -0.2) is 0 Å². The minimum absolute atomic E-state index is 0.0368. The number of fused-ring (bicyclic) bond motifs is 1. The molecule has 1 amide bonds. The Morgan fingerprint density at radius 2 is 1.71 bits per heavy atom. The van der Waals surface area contributed by atoms with E-state index in [1.807, 2.05) is 0 Å². The van der Waals surface area contributed by atoms with Crippen LogP contribution in [0.5, 0.6) is 0 Å². The molecule has 8 heteroatoms. The lowest BCUT2D eigenvalue weighted by Gasteiger charge is -2.25. The molecule has 162 valence electrons. The first kappa shape index (κ1) is 21.0. The summed E-state index contributed by atoms with van der Waals surface area (Å²) < 4.78 is 39.9. The van der Waals surface area contributed by atoms with Crippen molar-refractivity contribution in [2.24, 2.45) is 0 Å². The minimum Gasteiger partial charge on any atom is -0.381 e. The summed E-state index contributed by atoms with van der Waals surface area (Å²) in [6, 6.07) is 11.4. The third kappa shape index (κ3) is 4.73. The third-order valence-electron chi connectivity index (χ3n) is 5.56. The SMILES string of the molecule is O=C(Nc1cc(C(F)(F)F)ccc1NC1CCCCC1)c1cc(=O)[nH]c2ccccc12. The molecule has 0 atom stereocenters. The molecule has 0 radical (unpaired) electrons. The molecule has 4 rings (SSSR count). The van der Waals surface area contributed by atoms with E-state index in [0.29, 0.717) is 16.6 Å². The number of anilines is 2. The van der Waals surface area contributed by atoms with Crippen molar-refractivity contribution in [2.45, 2.75) is 44.3 Å². The Bertz CT molecular complexity index is 1160. The van der Waals surface area contributed by atoms with E-state index in [1.54, 1.807) is 24.3 Å². The summed E-state index contributed by atoms with van der Waals surface area (Å²) in [5, 5.41) is 6.39. The fourth-order valence-corrected chi connectivity index (χ4v) is 4.00.